The molecule has 3 saturated carbocycles. The molecule has 2 bridgehead atoms. The third-order valence-electron chi connectivity index (χ3n) is 5.74. The van der Waals surface area contributed by atoms with Crippen LogP contribution in [0.2, 0.25) is 0 Å². The molecule has 3 rings (SSSR count). The fourth-order valence-corrected chi connectivity index (χ4v) is 6.67. The Morgan fingerprint density at radius 1 is 1.10 bits per heavy atom. The van der Waals surface area contributed by atoms with Crippen molar-refractivity contribution in [2.75, 3.05) is 12.9 Å². The number of fused-ring (bicyclic) bond motifs is 2. The van der Waals surface area contributed by atoms with Gasteiger partial charge in [-0.25, -0.2) is 13.1 Å². The lowest BCUT2D eigenvalue weighted by Crippen LogP contribution is -2.42. The first-order chi connectivity index (χ1) is 9.50. The van der Waals surface area contributed by atoms with E-state index in [1.807, 2.05) is 0 Å². The molecule has 0 saturated heterocycles. The highest BCUT2D eigenvalue weighted by atomic mass is 32.2. The highest BCUT2D eigenvalue weighted by molar-refractivity contribution is 7.89. The van der Waals surface area contributed by atoms with Gasteiger partial charge in [-0.2, -0.15) is 0 Å². The molecule has 3 fully saturated rings. The Morgan fingerprint density at radius 3 is 2.25 bits per heavy atom. The molecule has 0 radical (unpaired) electrons. The second-order valence-electron chi connectivity index (χ2n) is 7.23. The minimum absolute atomic E-state index is 0.111. The van der Waals surface area contributed by atoms with Crippen molar-refractivity contribution in [2.45, 2.75) is 69.9 Å². The number of hydrogen-bond donors (Lipinski definition) is 1. The minimum atomic E-state index is -3.12. The van der Waals surface area contributed by atoms with Crippen LogP contribution in [0.4, 0.5) is 0 Å². The third kappa shape index (κ3) is 3.20. The summed E-state index contributed by atoms with van der Waals surface area (Å²) >= 11 is 0. The van der Waals surface area contributed by atoms with Gasteiger partial charge in [0.1, 0.15) is 0 Å². The predicted molar refractivity (Wildman–Crippen MR) is 79.0 cm³/mol. The maximum atomic E-state index is 12.4. The quantitative estimate of drug-likeness (QED) is 0.848. The minimum Gasteiger partial charge on any atom is -0.381 e. The van der Waals surface area contributed by atoms with Gasteiger partial charge in [-0.1, -0.05) is 0 Å². The predicted octanol–water partition coefficient (Wildman–Crippen LogP) is 2.44. The second-order valence-corrected chi connectivity index (χ2v) is 8.99. The number of rotatable bonds is 5. The van der Waals surface area contributed by atoms with Crippen LogP contribution in [0.1, 0.15) is 57.8 Å². The molecule has 0 amide bonds. The summed E-state index contributed by atoms with van der Waals surface area (Å²) in [7, 11) is -1.38. The first kappa shape index (κ1) is 14.8. The van der Waals surface area contributed by atoms with Crippen LogP contribution in [0.15, 0.2) is 0 Å². The van der Waals surface area contributed by atoms with Gasteiger partial charge in [0.05, 0.1) is 11.9 Å². The summed E-state index contributed by atoms with van der Waals surface area (Å²) in [5, 5.41) is 0. The van der Waals surface area contributed by atoms with Gasteiger partial charge in [0.15, 0.2) is 0 Å². The van der Waals surface area contributed by atoms with Gasteiger partial charge in [-0.15, -0.1) is 0 Å². The highest BCUT2D eigenvalue weighted by Crippen LogP contribution is 2.54. The Labute approximate surface area is 122 Å². The number of sulfonamides is 1. The van der Waals surface area contributed by atoms with Crippen LogP contribution in [0.5, 0.6) is 0 Å². The molecular formula is C15H27NO3S. The lowest BCUT2D eigenvalue weighted by Gasteiger charge is -2.30. The molecule has 3 aliphatic rings. The summed E-state index contributed by atoms with van der Waals surface area (Å²) in [6.07, 6.45) is 9.95. The van der Waals surface area contributed by atoms with Crippen LogP contribution in [0.3, 0.4) is 0 Å². The third-order valence-corrected chi connectivity index (χ3v) is 7.42. The second kappa shape index (κ2) is 5.58. The average molecular weight is 301 g/mol. The zero-order chi connectivity index (χ0) is 14.2. The van der Waals surface area contributed by atoms with Crippen LogP contribution in [-0.2, 0) is 14.8 Å². The summed E-state index contributed by atoms with van der Waals surface area (Å²) < 4.78 is 33.2. The molecular weight excluding hydrogens is 274 g/mol. The zero-order valence-electron chi connectivity index (χ0n) is 12.4. The SMILES string of the molecule is COC1CCC(NS(=O)(=O)CC23CCC(CC2)C3)CC1. The average Bonchev–Trinajstić information content (AvgIpc) is 2.98. The first-order valence-corrected chi connectivity index (χ1v) is 9.68. The summed E-state index contributed by atoms with van der Waals surface area (Å²) in [4.78, 5) is 0. The van der Waals surface area contributed by atoms with Crippen molar-refractivity contribution in [1.82, 2.24) is 4.72 Å². The van der Waals surface area contributed by atoms with E-state index in [2.05, 4.69) is 4.72 Å². The number of hydrogen-bond acceptors (Lipinski definition) is 3. The molecule has 0 heterocycles. The number of nitrogens with one attached hydrogen (secondary N) is 1. The van der Waals surface area contributed by atoms with E-state index in [4.69, 9.17) is 4.74 Å². The molecule has 1 N–H and O–H groups in total. The van der Waals surface area contributed by atoms with Crippen LogP contribution < -0.4 is 4.72 Å². The first-order valence-electron chi connectivity index (χ1n) is 8.03. The Hall–Kier alpha value is -0.130. The number of methoxy groups -OCH3 is 1. The van der Waals surface area contributed by atoms with Gasteiger partial charge in [-0.3, -0.25) is 0 Å². The van der Waals surface area contributed by atoms with Gasteiger partial charge in [0.2, 0.25) is 10.0 Å². The normalized spacial score (nSPS) is 41.1. The standard InChI is InChI=1S/C15H27NO3S/c1-19-14-4-2-13(3-5-14)16-20(17,18)11-15-8-6-12(10-15)7-9-15/h12-14,16H,2-11H2,1H3. The van der Waals surface area contributed by atoms with Gasteiger partial charge >= 0.3 is 0 Å². The molecule has 116 valence electrons. The van der Waals surface area contributed by atoms with Crippen LogP contribution >= 0.6 is 0 Å². The van der Waals surface area contributed by atoms with Crippen molar-refractivity contribution in [3.63, 3.8) is 0 Å². The summed E-state index contributed by atoms with van der Waals surface area (Å²) in [5.41, 5.74) is 0.111. The zero-order valence-corrected chi connectivity index (χ0v) is 13.3. The summed E-state index contributed by atoms with van der Waals surface area (Å²) in [5.74, 6) is 1.17. The van der Waals surface area contributed by atoms with E-state index in [9.17, 15) is 8.42 Å². The molecule has 0 aliphatic heterocycles. The molecule has 4 nitrogen and oxygen atoms in total. The van der Waals surface area contributed by atoms with Crippen molar-refractivity contribution < 1.29 is 13.2 Å². The molecule has 0 spiro atoms. The number of ether oxygens (including phenoxy) is 1. The van der Waals surface area contributed by atoms with E-state index < -0.39 is 10.0 Å². The van der Waals surface area contributed by atoms with E-state index in [1.165, 1.54) is 12.8 Å². The topological polar surface area (TPSA) is 55.4 Å². The van der Waals surface area contributed by atoms with Gasteiger partial charge in [0.25, 0.3) is 0 Å². The smallest absolute Gasteiger partial charge is 0.212 e. The maximum Gasteiger partial charge on any atom is 0.212 e. The molecule has 20 heavy (non-hydrogen) atoms. The molecule has 3 aliphatic carbocycles. The molecule has 0 unspecified atom stereocenters. The molecule has 5 heteroatoms. The van der Waals surface area contributed by atoms with Gasteiger partial charge < -0.3 is 4.74 Å². The largest absolute Gasteiger partial charge is 0.381 e. The molecule has 0 atom stereocenters. The Bertz CT molecular complexity index is 432. The van der Waals surface area contributed by atoms with Crippen LogP contribution in [0, 0.1) is 11.3 Å². The molecule has 0 aromatic rings. The Kier molecular flexibility index (Phi) is 4.13. The van der Waals surface area contributed by atoms with Crippen molar-refractivity contribution >= 4 is 10.0 Å². The van der Waals surface area contributed by atoms with Gasteiger partial charge in [0, 0.05) is 13.2 Å². The van der Waals surface area contributed by atoms with E-state index in [0.717, 1.165) is 50.9 Å². The van der Waals surface area contributed by atoms with Crippen LogP contribution in [0.25, 0.3) is 0 Å². The fourth-order valence-electron chi connectivity index (χ4n) is 4.63. The monoisotopic (exact) mass is 301 g/mol. The fraction of sp³-hybridized carbons (Fsp3) is 1.00. The summed E-state index contributed by atoms with van der Waals surface area (Å²) in [6.45, 7) is 0. The van der Waals surface area contributed by atoms with E-state index in [0.29, 0.717) is 11.9 Å². The van der Waals surface area contributed by atoms with Crippen molar-refractivity contribution in [2.24, 2.45) is 11.3 Å². The molecule has 0 aromatic carbocycles. The van der Waals surface area contributed by atoms with Crippen molar-refractivity contribution in [3.8, 4) is 0 Å². The van der Waals surface area contributed by atoms with Crippen molar-refractivity contribution in [3.05, 3.63) is 0 Å². The lowest BCUT2D eigenvalue weighted by atomic mass is 9.87. The van der Waals surface area contributed by atoms with Gasteiger partial charge in [-0.05, 0) is 69.1 Å². The van der Waals surface area contributed by atoms with Crippen LogP contribution in [-0.4, -0.2) is 33.4 Å². The van der Waals surface area contributed by atoms with E-state index in [1.54, 1.807) is 7.11 Å². The molecule has 0 aromatic heterocycles. The Morgan fingerprint density at radius 2 is 1.75 bits per heavy atom. The Balaban J connectivity index is 1.54. The lowest BCUT2D eigenvalue weighted by molar-refractivity contribution is 0.0648. The summed E-state index contributed by atoms with van der Waals surface area (Å²) in [6, 6.07) is 0.126. The van der Waals surface area contributed by atoms with E-state index >= 15 is 0 Å². The maximum absolute atomic E-state index is 12.4. The van der Waals surface area contributed by atoms with Crippen molar-refractivity contribution in [1.29, 1.82) is 0 Å². The highest BCUT2D eigenvalue weighted by Gasteiger charge is 2.47. The van der Waals surface area contributed by atoms with E-state index in [-0.39, 0.29) is 11.5 Å².